The van der Waals surface area contributed by atoms with Crippen molar-refractivity contribution < 1.29 is 19.2 Å². The minimum absolute atomic E-state index is 0.0522. The molecule has 0 saturated heterocycles. The molecular formula is C19H23N3O5. The lowest BCUT2D eigenvalue weighted by Crippen LogP contribution is -2.34. The Hall–Kier alpha value is -3.16. The van der Waals surface area contributed by atoms with E-state index in [0.29, 0.717) is 0 Å². The SMILES string of the molecule is CC(C(=O)OC(C)(C)C)n1cncc(NOC(=O)Cc2ccccc2)c1=O. The van der Waals surface area contributed by atoms with E-state index < -0.39 is 29.1 Å². The Bertz CT molecular complexity index is 856. The number of esters is 1. The van der Waals surface area contributed by atoms with Crippen molar-refractivity contribution in [3.05, 3.63) is 58.8 Å². The number of benzene rings is 1. The van der Waals surface area contributed by atoms with Crippen molar-refractivity contribution in [2.45, 2.75) is 45.8 Å². The number of rotatable bonds is 6. The summed E-state index contributed by atoms with van der Waals surface area (Å²) in [7, 11) is 0. The zero-order valence-corrected chi connectivity index (χ0v) is 15.8. The van der Waals surface area contributed by atoms with E-state index in [1.165, 1.54) is 19.4 Å². The zero-order chi connectivity index (χ0) is 20.0. The van der Waals surface area contributed by atoms with E-state index in [9.17, 15) is 14.4 Å². The molecule has 1 unspecified atom stereocenters. The van der Waals surface area contributed by atoms with Gasteiger partial charge in [0.1, 0.15) is 11.6 Å². The molecule has 1 N–H and O–H groups in total. The highest BCUT2D eigenvalue weighted by Gasteiger charge is 2.24. The average molecular weight is 373 g/mol. The van der Waals surface area contributed by atoms with Gasteiger partial charge in [0, 0.05) is 0 Å². The standard InChI is InChI=1S/C19H23N3O5/c1-13(18(25)26-19(2,3)4)22-12-20-11-15(17(22)24)21-27-16(23)10-14-8-6-5-7-9-14/h5-9,11-13,21H,10H2,1-4H3. The number of aromatic nitrogens is 2. The molecule has 2 rings (SSSR count). The molecule has 0 saturated carbocycles. The molecule has 0 amide bonds. The Labute approximate surface area is 157 Å². The fourth-order valence-corrected chi connectivity index (χ4v) is 2.18. The Kier molecular flexibility index (Phi) is 6.33. The van der Waals surface area contributed by atoms with Gasteiger partial charge in [-0.3, -0.25) is 9.36 Å². The van der Waals surface area contributed by atoms with Crippen LogP contribution in [-0.4, -0.2) is 27.1 Å². The monoisotopic (exact) mass is 373 g/mol. The molecule has 1 aromatic carbocycles. The van der Waals surface area contributed by atoms with Crippen LogP contribution in [0.1, 0.15) is 39.3 Å². The number of hydrogen-bond donors (Lipinski definition) is 1. The molecule has 1 heterocycles. The van der Waals surface area contributed by atoms with Crippen LogP contribution in [0, 0.1) is 0 Å². The maximum Gasteiger partial charge on any atom is 0.336 e. The maximum absolute atomic E-state index is 12.5. The van der Waals surface area contributed by atoms with E-state index in [0.717, 1.165) is 10.1 Å². The van der Waals surface area contributed by atoms with Crippen LogP contribution in [0.5, 0.6) is 0 Å². The summed E-state index contributed by atoms with van der Waals surface area (Å²) in [6.07, 6.45) is 2.50. The topological polar surface area (TPSA) is 99.5 Å². The zero-order valence-electron chi connectivity index (χ0n) is 15.8. The van der Waals surface area contributed by atoms with Crippen molar-refractivity contribution in [3.8, 4) is 0 Å². The fourth-order valence-electron chi connectivity index (χ4n) is 2.18. The van der Waals surface area contributed by atoms with E-state index in [2.05, 4.69) is 10.5 Å². The van der Waals surface area contributed by atoms with Gasteiger partial charge in [0.2, 0.25) is 0 Å². The molecule has 0 spiro atoms. The largest absolute Gasteiger partial charge is 0.458 e. The normalized spacial score (nSPS) is 12.1. The molecule has 8 heteroatoms. The lowest BCUT2D eigenvalue weighted by Gasteiger charge is -2.23. The van der Waals surface area contributed by atoms with Gasteiger partial charge in [0.05, 0.1) is 18.9 Å². The Morgan fingerprint density at radius 2 is 1.89 bits per heavy atom. The van der Waals surface area contributed by atoms with Crippen molar-refractivity contribution in [3.63, 3.8) is 0 Å². The van der Waals surface area contributed by atoms with Gasteiger partial charge in [-0.2, -0.15) is 0 Å². The summed E-state index contributed by atoms with van der Waals surface area (Å²) in [5, 5.41) is 0. The van der Waals surface area contributed by atoms with Crippen molar-refractivity contribution in [1.29, 1.82) is 0 Å². The molecule has 0 bridgehead atoms. The van der Waals surface area contributed by atoms with Crippen molar-refractivity contribution in [2.24, 2.45) is 0 Å². The maximum atomic E-state index is 12.5. The van der Waals surface area contributed by atoms with E-state index in [1.807, 2.05) is 18.2 Å². The van der Waals surface area contributed by atoms with Crippen molar-refractivity contribution in [2.75, 3.05) is 5.48 Å². The van der Waals surface area contributed by atoms with Gasteiger partial charge >= 0.3 is 11.9 Å². The molecule has 2 aromatic rings. The summed E-state index contributed by atoms with van der Waals surface area (Å²) in [4.78, 5) is 45.4. The van der Waals surface area contributed by atoms with Crippen LogP contribution in [-0.2, 0) is 25.6 Å². The number of ether oxygens (including phenoxy) is 1. The highest BCUT2D eigenvalue weighted by Crippen LogP contribution is 2.14. The van der Waals surface area contributed by atoms with Crippen LogP contribution >= 0.6 is 0 Å². The summed E-state index contributed by atoms with van der Waals surface area (Å²) in [6, 6.07) is 8.17. The molecule has 0 fully saturated rings. The van der Waals surface area contributed by atoms with Gasteiger partial charge in [-0.25, -0.2) is 20.1 Å². The molecule has 1 aromatic heterocycles. The molecule has 144 valence electrons. The van der Waals surface area contributed by atoms with Crippen LogP contribution in [0.4, 0.5) is 5.69 Å². The minimum atomic E-state index is -0.883. The second-order valence-corrected chi connectivity index (χ2v) is 6.97. The number of hydrogen-bond acceptors (Lipinski definition) is 7. The van der Waals surface area contributed by atoms with Gasteiger partial charge in [0.25, 0.3) is 5.56 Å². The Morgan fingerprint density at radius 1 is 1.22 bits per heavy atom. The number of nitrogens with one attached hydrogen (secondary N) is 1. The molecule has 1 atom stereocenters. The summed E-state index contributed by atoms with van der Waals surface area (Å²) < 4.78 is 6.39. The molecule has 27 heavy (non-hydrogen) atoms. The number of carbonyl (C=O) groups is 2. The lowest BCUT2D eigenvalue weighted by atomic mass is 10.2. The van der Waals surface area contributed by atoms with E-state index in [4.69, 9.17) is 9.57 Å². The Balaban J connectivity index is 2.05. The first kappa shape index (κ1) is 20.2. The van der Waals surface area contributed by atoms with Crippen LogP contribution in [0.2, 0.25) is 0 Å². The van der Waals surface area contributed by atoms with E-state index in [1.54, 1.807) is 32.9 Å². The summed E-state index contributed by atoms with van der Waals surface area (Å²) in [5.74, 6) is -1.12. The molecular weight excluding hydrogens is 350 g/mol. The molecule has 8 nitrogen and oxygen atoms in total. The third-order valence-corrected chi connectivity index (χ3v) is 3.49. The second-order valence-electron chi connectivity index (χ2n) is 6.97. The van der Waals surface area contributed by atoms with Gasteiger partial charge in [0.15, 0.2) is 5.69 Å². The van der Waals surface area contributed by atoms with Crippen LogP contribution in [0.25, 0.3) is 0 Å². The third-order valence-electron chi connectivity index (χ3n) is 3.49. The number of carbonyl (C=O) groups excluding carboxylic acids is 2. The average Bonchev–Trinajstić information content (AvgIpc) is 2.59. The van der Waals surface area contributed by atoms with Gasteiger partial charge < -0.3 is 9.57 Å². The van der Waals surface area contributed by atoms with E-state index in [-0.39, 0.29) is 12.1 Å². The lowest BCUT2D eigenvalue weighted by molar-refractivity contribution is -0.158. The van der Waals surface area contributed by atoms with E-state index >= 15 is 0 Å². The van der Waals surface area contributed by atoms with Crippen LogP contribution < -0.4 is 11.0 Å². The van der Waals surface area contributed by atoms with Gasteiger partial charge in [-0.05, 0) is 33.3 Å². The first-order chi connectivity index (χ1) is 12.7. The molecule has 0 radical (unpaired) electrons. The second kappa shape index (κ2) is 8.48. The third kappa shape index (κ3) is 5.95. The minimum Gasteiger partial charge on any atom is -0.458 e. The van der Waals surface area contributed by atoms with Gasteiger partial charge in [-0.15, -0.1) is 0 Å². The number of anilines is 1. The van der Waals surface area contributed by atoms with Crippen LogP contribution in [0.15, 0.2) is 47.7 Å². The van der Waals surface area contributed by atoms with Crippen molar-refractivity contribution >= 4 is 17.6 Å². The summed E-state index contributed by atoms with van der Waals surface area (Å²) in [6.45, 7) is 6.75. The highest BCUT2D eigenvalue weighted by atomic mass is 16.7. The number of nitrogens with zero attached hydrogens (tertiary/aromatic N) is 2. The van der Waals surface area contributed by atoms with Gasteiger partial charge in [-0.1, -0.05) is 30.3 Å². The first-order valence-corrected chi connectivity index (χ1v) is 8.46. The predicted octanol–water partition coefficient (Wildman–Crippen LogP) is 2.26. The summed E-state index contributed by atoms with van der Waals surface area (Å²) in [5.41, 5.74) is 1.81. The molecule has 0 aliphatic rings. The highest BCUT2D eigenvalue weighted by molar-refractivity contribution is 5.74. The van der Waals surface area contributed by atoms with Crippen molar-refractivity contribution in [1.82, 2.24) is 9.55 Å². The Morgan fingerprint density at radius 3 is 2.52 bits per heavy atom. The molecule has 0 aliphatic carbocycles. The first-order valence-electron chi connectivity index (χ1n) is 8.46. The smallest absolute Gasteiger partial charge is 0.336 e. The quantitative estimate of drug-likeness (QED) is 0.612. The summed E-state index contributed by atoms with van der Waals surface area (Å²) >= 11 is 0. The fraction of sp³-hybridized carbons (Fsp3) is 0.368. The molecule has 0 aliphatic heterocycles. The predicted molar refractivity (Wildman–Crippen MR) is 98.9 cm³/mol. The van der Waals surface area contributed by atoms with Crippen LogP contribution in [0.3, 0.4) is 0 Å².